The number of nitrogens with one attached hydrogen (secondary N) is 2. The second kappa shape index (κ2) is 7.74. The topological polar surface area (TPSA) is 50.4 Å². The van der Waals surface area contributed by atoms with Gasteiger partial charge in [0.25, 0.3) is 5.92 Å². The van der Waals surface area contributed by atoms with Gasteiger partial charge in [0.1, 0.15) is 5.75 Å². The largest absolute Gasteiger partial charge is 0.496 e. The standard InChI is InChI=1S/C15H20F2N2O2.ClH/c1-10-3-4-11(7-13(10)21-2)5-6-18-14(20)12-8-15(16,17)9-19-12;/h3-4,7,12,19H,5-6,8-9H2,1-2H3,(H,18,20);1H. The van der Waals surface area contributed by atoms with Gasteiger partial charge in [-0.3, -0.25) is 10.1 Å². The van der Waals surface area contributed by atoms with Crippen LogP contribution in [0.15, 0.2) is 18.2 Å². The Kier molecular flexibility index (Phi) is 6.56. The molecule has 1 aliphatic heterocycles. The molecule has 0 bridgehead atoms. The molecule has 124 valence electrons. The number of methoxy groups -OCH3 is 1. The van der Waals surface area contributed by atoms with Crippen LogP contribution in [0.1, 0.15) is 17.5 Å². The summed E-state index contributed by atoms with van der Waals surface area (Å²) in [7, 11) is 1.61. The van der Waals surface area contributed by atoms with Gasteiger partial charge in [-0.05, 0) is 30.5 Å². The quantitative estimate of drug-likeness (QED) is 0.867. The first-order chi connectivity index (χ1) is 9.91. The number of benzene rings is 1. The molecule has 1 aromatic rings. The number of rotatable bonds is 5. The molecule has 0 saturated carbocycles. The number of hydrogen-bond donors (Lipinski definition) is 2. The number of ether oxygens (including phenoxy) is 1. The Balaban J connectivity index is 0.00000242. The van der Waals surface area contributed by atoms with Crippen LogP contribution in [0.25, 0.3) is 0 Å². The van der Waals surface area contributed by atoms with E-state index < -0.39 is 24.9 Å². The molecular weight excluding hydrogens is 314 g/mol. The van der Waals surface area contributed by atoms with Crippen LogP contribution in [0.5, 0.6) is 5.75 Å². The highest BCUT2D eigenvalue weighted by atomic mass is 35.5. The van der Waals surface area contributed by atoms with E-state index >= 15 is 0 Å². The monoisotopic (exact) mass is 334 g/mol. The summed E-state index contributed by atoms with van der Waals surface area (Å²) in [6.45, 7) is 1.94. The van der Waals surface area contributed by atoms with E-state index in [4.69, 9.17) is 4.74 Å². The molecule has 1 heterocycles. The molecule has 0 spiro atoms. The summed E-state index contributed by atoms with van der Waals surface area (Å²) in [5.74, 6) is -2.35. The summed E-state index contributed by atoms with van der Waals surface area (Å²) < 4.78 is 31.3. The zero-order chi connectivity index (χ0) is 15.5. The average molecular weight is 335 g/mol. The first-order valence-corrected chi connectivity index (χ1v) is 6.94. The van der Waals surface area contributed by atoms with E-state index in [2.05, 4.69) is 10.6 Å². The van der Waals surface area contributed by atoms with E-state index in [-0.39, 0.29) is 18.3 Å². The van der Waals surface area contributed by atoms with Crippen LogP contribution >= 0.6 is 12.4 Å². The molecule has 0 radical (unpaired) electrons. The van der Waals surface area contributed by atoms with E-state index in [1.807, 2.05) is 25.1 Å². The van der Waals surface area contributed by atoms with E-state index in [0.717, 1.165) is 16.9 Å². The van der Waals surface area contributed by atoms with Gasteiger partial charge in [-0.1, -0.05) is 12.1 Å². The van der Waals surface area contributed by atoms with E-state index in [1.54, 1.807) is 7.11 Å². The average Bonchev–Trinajstić information content (AvgIpc) is 2.81. The Morgan fingerprint density at radius 3 is 2.82 bits per heavy atom. The molecule has 1 amide bonds. The summed E-state index contributed by atoms with van der Waals surface area (Å²) in [6.07, 6.45) is 0.197. The van der Waals surface area contributed by atoms with Gasteiger partial charge in [0.05, 0.1) is 19.7 Å². The molecule has 4 nitrogen and oxygen atoms in total. The molecule has 1 unspecified atom stereocenters. The lowest BCUT2D eigenvalue weighted by Gasteiger charge is -2.12. The Bertz CT molecular complexity index is 526. The van der Waals surface area contributed by atoms with Gasteiger partial charge in [0.2, 0.25) is 5.91 Å². The molecule has 2 N–H and O–H groups in total. The summed E-state index contributed by atoms with van der Waals surface area (Å²) in [6, 6.07) is 5.04. The Morgan fingerprint density at radius 2 is 2.23 bits per heavy atom. The second-order valence-electron chi connectivity index (χ2n) is 5.34. The van der Waals surface area contributed by atoms with Gasteiger partial charge in [-0.25, -0.2) is 8.78 Å². The minimum atomic E-state index is -2.79. The molecule has 0 aromatic heterocycles. The fraction of sp³-hybridized carbons (Fsp3) is 0.533. The van der Waals surface area contributed by atoms with Crippen molar-refractivity contribution in [2.75, 3.05) is 20.2 Å². The van der Waals surface area contributed by atoms with Crippen LogP contribution in [-0.2, 0) is 11.2 Å². The van der Waals surface area contributed by atoms with E-state index in [1.165, 1.54) is 0 Å². The predicted molar refractivity (Wildman–Crippen MR) is 83.0 cm³/mol. The zero-order valence-corrected chi connectivity index (χ0v) is 13.4. The van der Waals surface area contributed by atoms with Crippen molar-refractivity contribution < 1.29 is 18.3 Å². The maximum absolute atomic E-state index is 13.0. The minimum Gasteiger partial charge on any atom is -0.496 e. The number of hydrogen-bond acceptors (Lipinski definition) is 3. The number of carbonyl (C=O) groups excluding carboxylic acids is 1. The molecule has 0 aliphatic carbocycles. The molecule has 1 aromatic carbocycles. The third kappa shape index (κ3) is 4.81. The molecule has 7 heteroatoms. The van der Waals surface area contributed by atoms with Crippen molar-refractivity contribution in [1.82, 2.24) is 10.6 Å². The van der Waals surface area contributed by atoms with Crippen molar-refractivity contribution in [3.63, 3.8) is 0 Å². The van der Waals surface area contributed by atoms with Crippen LogP contribution in [-0.4, -0.2) is 38.1 Å². The molecule has 2 rings (SSSR count). The third-order valence-corrected chi connectivity index (χ3v) is 3.61. The van der Waals surface area contributed by atoms with Crippen molar-refractivity contribution in [3.8, 4) is 5.75 Å². The van der Waals surface area contributed by atoms with Crippen molar-refractivity contribution >= 4 is 18.3 Å². The predicted octanol–water partition coefficient (Wildman–Crippen LogP) is 2.08. The number of amides is 1. The van der Waals surface area contributed by atoms with Crippen LogP contribution in [0.4, 0.5) is 8.78 Å². The summed E-state index contributed by atoms with van der Waals surface area (Å²) in [5, 5.41) is 5.23. The van der Waals surface area contributed by atoms with Crippen molar-refractivity contribution in [2.45, 2.75) is 31.7 Å². The van der Waals surface area contributed by atoms with Crippen molar-refractivity contribution in [2.24, 2.45) is 0 Å². The summed E-state index contributed by atoms with van der Waals surface area (Å²) in [5.41, 5.74) is 2.07. The van der Waals surface area contributed by atoms with Gasteiger partial charge in [0.15, 0.2) is 0 Å². The minimum absolute atomic E-state index is 0. The van der Waals surface area contributed by atoms with Gasteiger partial charge in [-0.15, -0.1) is 12.4 Å². The third-order valence-electron chi connectivity index (χ3n) is 3.61. The molecule has 1 atom stereocenters. The lowest BCUT2D eigenvalue weighted by Crippen LogP contribution is -2.41. The Morgan fingerprint density at radius 1 is 1.50 bits per heavy atom. The first-order valence-electron chi connectivity index (χ1n) is 6.94. The van der Waals surface area contributed by atoms with Crippen molar-refractivity contribution in [1.29, 1.82) is 0 Å². The van der Waals surface area contributed by atoms with Crippen LogP contribution in [0.2, 0.25) is 0 Å². The number of alkyl halides is 2. The smallest absolute Gasteiger partial charge is 0.262 e. The maximum atomic E-state index is 13.0. The van der Waals surface area contributed by atoms with Gasteiger partial charge in [-0.2, -0.15) is 0 Å². The molecule has 22 heavy (non-hydrogen) atoms. The summed E-state index contributed by atoms with van der Waals surface area (Å²) in [4.78, 5) is 11.8. The summed E-state index contributed by atoms with van der Waals surface area (Å²) >= 11 is 0. The van der Waals surface area contributed by atoms with Crippen molar-refractivity contribution in [3.05, 3.63) is 29.3 Å². The maximum Gasteiger partial charge on any atom is 0.262 e. The van der Waals surface area contributed by atoms with Crippen LogP contribution in [0.3, 0.4) is 0 Å². The van der Waals surface area contributed by atoms with Gasteiger partial charge in [0, 0.05) is 13.0 Å². The Hall–Kier alpha value is -1.40. The number of carbonyl (C=O) groups is 1. The molecular formula is C15H21ClF2N2O2. The SMILES string of the molecule is COc1cc(CCNC(=O)C2CC(F)(F)CN2)ccc1C.Cl. The lowest BCUT2D eigenvalue weighted by atomic mass is 10.1. The molecule has 1 aliphatic rings. The van der Waals surface area contributed by atoms with Gasteiger partial charge >= 0.3 is 0 Å². The highest BCUT2D eigenvalue weighted by molar-refractivity contribution is 5.85. The number of aryl methyl sites for hydroxylation is 1. The Labute approximate surface area is 135 Å². The highest BCUT2D eigenvalue weighted by Crippen LogP contribution is 2.25. The lowest BCUT2D eigenvalue weighted by molar-refractivity contribution is -0.123. The van der Waals surface area contributed by atoms with E-state index in [0.29, 0.717) is 13.0 Å². The normalized spacial score (nSPS) is 19.4. The zero-order valence-electron chi connectivity index (χ0n) is 12.6. The highest BCUT2D eigenvalue weighted by Gasteiger charge is 2.42. The fourth-order valence-electron chi connectivity index (χ4n) is 2.37. The van der Waals surface area contributed by atoms with E-state index in [9.17, 15) is 13.6 Å². The number of halogens is 3. The van der Waals surface area contributed by atoms with Gasteiger partial charge < -0.3 is 10.1 Å². The van der Waals surface area contributed by atoms with Crippen LogP contribution in [0, 0.1) is 6.92 Å². The fourth-order valence-corrected chi connectivity index (χ4v) is 2.37. The van der Waals surface area contributed by atoms with Crippen LogP contribution < -0.4 is 15.4 Å². The first kappa shape index (κ1) is 18.6. The molecule has 1 saturated heterocycles. The second-order valence-corrected chi connectivity index (χ2v) is 5.34. The molecule has 1 fully saturated rings.